The van der Waals surface area contributed by atoms with Crippen LogP contribution in [0.2, 0.25) is 0 Å². The van der Waals surface area contributed by atoms with Crippen LogP contribution in [0.4, 0.5) is 5.82 Å². The van der Waals surface area contributed by atoms with Gasteiger partial charge in [-0.2, -0.15) is 5.26 Å². The number of nitrogens with one attached hydrogen (secondary N) is 1. The Hall–Kier alpha value is -2.28. The van der Waals surface area contributed by atoms with E-state index < -0.39 is 0 Å². The lowest BCUT2D eigenvalue weighted by molar-refractivity contribution is 0.894. The van der Waals surface area contributed by atoms with Crippen molar-refractivity contribution in [1.82, 2.24) is 9.66 Å². The van der Waals surface area contributed by atoms with E-state index in [4.69, 9.17) is 5.26 Å². The Morgan fingerprint density at radius 1 is 1.29 bits per heavy atom. The van der Waals surface area contributed by atoms with Crippen molar-refractivity contribution >= 4 is 5.82 Å². The van der Waals surface area contributed by atoms with E-state index in [2.05, 4.69) is 16.5 Å². The molecule has 0 saturated heterocycles. The molecule has 3 rings (SSSR count). The molecule has 1 aliphatic rings. The van der Waals surface area contributed by atoms with Crippen molar-refractivity contribution in [3.8, 4) is 6.07 Å². The number of aromatic nitrogens is 2. The van der Waals surface area contributed by atoms with Crippen molar-refractivity contribution in [1.29, 1.82) is 5.26 Å². The molecule has 4 heteroatoms. The van der Waals surface area contributed by atoms with Crippen molar-refractivity contribution in [3.05, 3.63) is 47.4 Å². The van der Waals surface area contributed by atoms with Gasteiger partial charge in [0.2, 0.25) is 0 Å². The average molecular weight is 224 g/mol. The summed E-state index contributed by atoms with van der Waals surface area (Å²) in [6.07, 6.45) is 6.97. The Bertz CT molecular complexity index is 578. The zero-order chi connectivity index (χ0) is 11.7. The van der Waals surface area contributed by atoms with Gasteiger partial charge < -0.3 is 0 Å². The van der Waals surface area contributed by atoms with Crippen LogP contribution >= 0.6 is 0 Å². The highest BCUT2D eigenvalue weighted by molar-refractivity contribution is 5.54. The van der Waals surface area contributed by atoms with Crippen LogP contribution in [0.15, 0.2) is 30.6 Å². The first-order chi connectivity index (χ1) is 8.36. The second-order valence-electron chi connectivity index (χ2n) is 4.16. The summed E-state index contributed by atoms with van der Waals surface area (Å²) >= 11 is 0. The van der Waals surface area contributed by atoms with E-state index in [1.165, 1.54) is 5.56 Å². The summed E-state index contributed by atoms with van der Waals surface area (Å²) < 4.78 is 1.80. The van der Waals surface area contributed by atoms with Crippen molar-refractivity contribution in [2.24, 2.45) is 0 Å². The van der Waals surface area contributed by atoms with Gasteiger partial charge in [-0.15, -0.1) is 0 Å². The molecule has 2 aromatic rings. The van der Waals surface area contributed by atoms with Crippen molar-refractivity contribution in [2.75, 3.05) is 5.43 Å². The summed E-state index contributed by atoms with van der Waals surface area (Å²) in [5, 5.41) is 9.14. The van der Waals surface area contributed by atoms with Crippen LogP contribution in [-0.4, -0.2) is 9.66 Å². The molecule has 2 aromatic heterocycles. The summed E-state index contributed by atoms with van der Waals surface area (Å²) in [5.74, 6) is 0.643. The molecule has 4 nitrogen and oxygen atoms in total. The monoisotopic (exact) mass is 224 g/mol. The van der Waals surface area contributed by atoms with Gasteiger partial charge in [0.05, 0.1) is 5.56 Å². The highest BCUT2D eigenvalue weighted by Gasteiger charge is 2.16. The van der Waals surface area contributed by atoms with Gasteiger partial charge in [-0.1, -0.05) is 0 Å². The third kappa shape index (κ3) is 1.76. The van der Waals surface area contributed by atoms with Gasteiger partial charge in [0, 0.05) is 18.1 Å². The Morgan fingerprint density at radius 3 is 2.88 bits per heavy atom. The van der Waals surface area contributed by atoms with E-state index >= 15 is 0 Å². The fourth-order valence-corrected chi connectivity index (χ4v) is 2.17. The van der Waals surface area contributed by atoms with Crippen molar-refractivity contribution < 1.29 is 0 Å². The number of pyridine rings is 1. The second kappa shape index (κ2) is 3.95. The molecule has 0 bridgehead atoms. The number of fused-ring (bicyclic) bond motifs is 1. The predicted octanol–water partition coefficient (Wildman–Crippen LogP) is 2.12. The summed E-state index contributed by atoms with van der Waals surface area (Å²) in [6.45, 7) is 0. The van der Waals surface area contributed by atoms with Gasteiger partial charge in [-0.25, -0.2) is 4.98 Å². The molecule has 84 valence electrons. The molecule has 0 spiro atoms. The summed E-state index contributed by atoms with van der Waals surface area (Å²) in [6, 6.07) is 8.00. The third-order valence-electron chi connectivity index (χ3n) is 3.01. The van der Waals surface area contributed by atoms with E-state index in [9.17, 15) is 0 Å². The molecule has 0 aliphatic heterocycles. The van der Waals surface area contributed by atoms with Crippen LogP contribution in [-0.2, 0) is 12.8 Å². The molecule has 0 aromatic carbocycles. The standard InChI is InChI=1S/C13H12N4/c14-9-11-8-10-4-3-5-12(10)15-13(11)16-17-6-1-2-7-17/h1-2,6-8H,3-5H2,(H,15,16). The molecule has 1 N–H and O–H groups in total. The number of hydrogen-bond donors (Lipinski definition) is 1. The predicted molar refractivity (Wildman–Crippen MR) is 64.4 cm³/mol. The number of nitrogens with zero attached hydrogens (tertiary/aromatic N) is 3. The van der Waals surface area contributed by atoms with Crippen LogP contribution in [0.5, 0.6) is 0 Å². The Morgan fingerprint density at radius 2 is 2.12 bits per heavy atom. The molecule has 0 fully saturated rings. The lowest BCUT2D eigenvalue weighted by Gasteiger charge is -2.10. The molecular formula is C13H12N4. The second-order valence-corrected chi connectivity index (χ2v) is 4.16. The van der Waals surface area contributed by atoms with E-state index in [1.54, 1.807) is 4.68 Å². The van der Waals surface area contributed by atoms with Crippen LogP contribution in [0.1, 0.15) is 23.2 Å². The first kappa shape index (κ1) is 9.91. The summed E-state index contributed by atoms with van der Waals surface area (Å²) in [4.78, 5) is 4.54. The fraction of sp³-hybridized carbons (Fsp3) is 0.231. The lowest BCUT2D eigenvalue weighted by atomic mass is 10.1. The molecule has 0 saturated carbocycles. The smallest absolute Gasteiger partial charge is 0.163 e. The normalized spacial score (nSPS) is 13.1. The maximum absolute atomic E-state index is 9.14. The molecular weight excluding hydrogens is 212 g/mol. The first-order valence-electron chi connectivity index (χ1n) is 5.70. The summed E-state index contributed by atoms with van der Waals surface area (Å²) in [5.41, 5.74) is 6.07. The number of hydrogen-bond acceptors (Lipinski definition) is 3. The molecule has 0 atom stereocenters. The van der Waals surface area contributed by atoms with Gasteiger partial charge in [0.15, 0.2) is 5.82 Å². The van der Waals surface area contributed by atoms with Crippen LogP contribution in [0.3, 0.4) is 0 Å². The van der Waals surface area contributed by atoms with E-state index in [1.807, 2.05) is 30.6 Å². The fourth-order valence-electron chi connectivity index (χ4n) is 2.17. The Labute approximate surface area is 99.5 Å². The average Bonchev–Trinajstić information content (AvgIpc) is 2.98. The number of rotatable bonds is 2. The van der Waals surface area contributed by atoms with Crippen LogP contribution in [0.25, 0.3) is 0 Å². The van der Waals surface area contributed by atoms with Crippen LogP contribution < -0.4 is 5.43 Å². The highest BCUT2D eigenvalue weighted by Crippen LogP contribution is 2.24. The first-order valence-corrected chi connectivity index (χ1v) is 5.70. The lowest BCUT2D eigenvalue weighted by Crippen LogP contribution is -2.10. The van der Waals surface area contributed by atoms with E-state index in [-0.39, 0.29) is 0 Å². The van der Waals surface area contributed by atoms with Gasteiger partial charge in [0.25, 0.3) is 0 Å². The molecule has 1 aliphatic carbocycles. The van der Waals surface area contributed by atoms with E-state index in [0.29, 0.717) is 11.4 Å². The topological polar surface area (TPSA) is 53.6 Å². The minimum Gasteiger partial charge on any atom is -0.277 e. The van der Waals surface area contributed by atoms with Crippen LogP contribution in [0, 0.1) is 11.3 Å². The van der Waals surface area contributed by atoms with Gasteiger partial charge in [-0.3, -0.25) is 10.1 Å². The van der Waals surface area contributed by atoms with Gasteiger partial charge in [-0.05, 0) is 43.0 Å². The molecule has 0 unspecified atom stereocenters. The molecule has 17 heavy (non-hydrogen) atoms. The summed E-state index contributed by atoms with van der Waals surface area (Å²) in [7, 11) is 0. The SMILES string of the molecule is N#Cc1cc2c(nc1Nn1cccc1)CCC2. The number of anilines is 1. The minimum absolute atomic E-state index is 0.611. The Balaban J connectivity index is 2.01. The number of aryl methyl sites for hydroxylation is 2. The molecule has 0 radical (unpaired) electrons. The quantitative estimate of drug-likeness (QED) is 0.850. The largest absolute Gasteiger partial charge is 0.277 e. The maximum atomic E-state index is 9.14. The van der Waals surface area contributed by atoms with Crippen molar-refractivity contribution in [2.45, 2.75) is 19.3 Å². The molecule has 0 amide bonds. The Kier molecular flexibility index (Phi) is 2.30. The maximum Gasteiger partial charge on any atom is 0.163 e. The van der Waals surface area contributed by atoms with Crippen molar-refractivity contribution in [3.63, 3.8) is 0 Å². The number of nitriles is 1. The van der Waals surface area contributed by atoms with E-state index in [0.717, 1.165) is 25.0 Å². The zero-order valence-electron chi connectivity index (χ0n) is 9.35. The minimum atomic E-state index is 0.611. The zero-order valence-corrected chi connectivity index (χ0v) is 9.35. The van der Waals surface area contributed by atoms with Gasteiger partial charge >= 0.3 is 0 Å². The van der Waals surface area contributed by atoms with Gasteiger partial charge in [0.1, 0.15) is 6.07 Å². The molecule has 2 heterocycles. The highest BCUT2D eigenvalue weighted by atomic mass is 15.4. The third-order valence-corrected chi connectivity index (χ3v) is 3.01.